The van der Waals surface area contributed by atoms with E-state index in [1.807, 2.05) is 57.2 Å². The molecular weight excluding hydrogens is 340 g/mol. The molecule has 1 atom stereocenters. The first-order valence-corrected chi connectivity index (χ1v) is 8.54. The zero-order valence-electron chi connectivity index (χ0n) is 14.5. The number of rotatable bonds is 1. The van der Waals surface area contributed by atoms with Crippen molar-refractivity contribution in [3.63, 3.8) is 0 Å². The first-order chi connectivity index (χ1) is 11.8. The molecule has 3 rings (SSSR count). The highest BCUT2D eigenvalue weighted by Gasteiger charge is 2.30. The first-order valence-electron chi connectivity index (χ1n) is 8.17. The number of hydrogen-bond donors (Lipinski definition) is 0. The topological polar surface area (TPSA) is 51.7 Å². The average Bonchev–Trinajstić information content (AvgIpc) is 2.73. The summed E-state index contributed by atoms with van der Waals surface area (Å²) in [4.78, 5) is 18.5. The van der Waals surface area contributed by atoms with E-state index in [4.69, 9.17) is 21.1 Å². The molecule has 0 aliphatic carbocycles. The summed E-state index contributed by atoms with van der Waals surface area (Å²) in [5.41, 5.74) is 1.20. The maximum atomic E-state index is 12.6. The standard InChI is InChI=1S/C19H21ClN2O3/c1-19(2,3)25-18(23)22-11-14-9-10-16(20)21-17(14)24-15(12-22)13-7-5-4-6-8-13/h4-10,15H,11-12H2,1-3H3/t15-/m0/s1. The fourth-order valence-electron chi connectivity index (χ4n) is 2.62. The van der Waals surface area contributed by atoms with Crippen LogP contribution in [-0.4, -0.2) is 28.1 Å². The van der Waals surface area contributed by atoms with Crippen molar-refractivity contribution in [2.24, 2.45) is 0 Å². The number of aromatic nitrogens is 1. The number of nitrogens with zero attached hydrogens (tertiary/aromatic N) is 2. The average molecular weight is 361 g/mol. The molecule has 1 aliphatic heterocycles. The van der Waals surface area contributed by atoms with Crippen LogP contribution in [0.3, 0.4) is 0 Å². The fraction of sp³-hybridized carbons (Fsp3) is 0.368. The van der Waals surface area contributed by atoms with Crippen molar-refractivity contribution in [3.8, 4) is 5.88 Å². The molecule has 0 bridgehead atoms. The van der Waals surface area contributed by atoms with Gasteiger partial charge in [0.2, 0.25) is 5.88 Å². The molecule has 0 radical (unpaired) electrons. The van der Waals surface area contributed by atoms with Gasteiger partial charge in [0, 0.05) is 5.56 Å². The molecule has 5 nitrogen and oxygen atoms in total. The minimum atomic E-state index is -0.562. The van der Waals surface area contributed by atoms with Gasteiger partial charge in [-0.15, -0.1) is 0 Å². The van der Waals surface area contributed by atoms with Crippen LogP contribution in [0.15, 0.2) is 42.5 Å². The zero-order chi connectivity index (χ0) is 18.0. The van der Waals surface area contributed by atoms with E-state index in [9.17, 15) is 4.79 Å². The Kier molecular flexibility index (Phi) is 4.86. The lowest BCUT2D eigenvalue weighted by atomic mass is 10.1. The molecule has 0 saturated heterocycles. The Balaban J connectivity index is 1.94. The molecule has 2 heterocycles. The number of amides is 1. The third kappa shape index (κ3) is 4.42. The maximum Gasteiger partial charge on any atom is 0.410 e. The van der Waals surface area contributed by atoms with Gasteiger partial charge in [-0.2, -0.15) is 0 Å². The Morgan fingerprint density at radius 2 is 1.96 bits per heavy atom. The summed E-state index contributed by atoms with van der Waals surface area (Å²) < 4.78 is 11.6. The van der Waals surface area contributed by atoms with Crippen molar-refractivity contribution in [1.29, 1.82) is 0 Å². The SMILES string of the molecule is CC(C)(C)OC(=O)N1Cc2ccc(Cl)nc2O[C@H](c2ccccc2)C1. The summed E-state index contributed by atoms with van der Waals surface area (Å²) in [6.45, 7) is 6.28. The Hall–Kier alpha value is -2.27. The Bertz CT molecular complexity index is 759. The van der Waals surface area contributed by atoms with Gasteiger partial charge >= 0.3 is 6.09 Å². The largest absolute Gasteiger partial charge is 0.467 e. The molecule has 0 saturated carbocycles. The Morgan fingerprint density at radius 1 is 1.24 bits per heavy atom. The highest BCUT2D eigenvalue weighted by molar-refractivity contribution is 6.29. The van der Waals surface area contributed by atoms with Crippen molar-refractivity contribution in [2.75, 3.05) is 6.54 Å². The van der Waals surface area contributed by atoms with Crippen LogP contribution in [0.5, 0.6) is 5.88 Å². The van der Waals surface area contributed by atoms with Crippen molar-refractivity contribution in [1.82, 2.24) is 9.88 Å². The van der Waals surface area contributed by atoms with Crippen LogP contribution < -0.4 is 4.74 Å². The van der Waals surface area contributed by atoms with Crippen LogP contribution in [0.4, 0.5) is 4.79 Å². The van der Waals surface area contributed by atoms with Gasteiger partial charge in [-0.3, -0.25) is 4.90 Å². The summed E-state index contributed by atoms with van der Waals surface area (Å²) in [5, 5.41) is 0.358. The van der Waals surface area contributed by atoms with Crippen LogP contribution in [0, 0.1) is 0 Å². The first kappa shape index (κ1) is 17.5. The van der Waals surface area contributed by atoms with Gasteiger partial charge in [0.1, 0.15) is 16.9 Å². The second-order valence-electron chi connectivity index (χ2n) is 6.98. The van der Waals surface area contributed by atoms with Gasteiger partial charge in [0.25, 0.3) is 0 Å². The Labute approximate surface area is 152 Å². The summed E-state index contributed by atoms with van der Waals surface area (Å²) >= 11 is 6.01. The summed E-state index contributed by atoms with van der Waals surface area (Å²) in [6.07, 6.45) is -0.722. The molecule has 2 aromatic rings. The van der Waals surface area contributed by atoms with E-state index >= 15 is 0 Å². The van der Waals surface area contributed by atoms with E-state index in [1.54, 1.807) is 11.0 Å². The van der Waals surface area contributed by atoms with E-state index < -0.39 is 5.60 Å². The Morgan fingerprint density at radius 3 is 2.64 bits per heavy atom. The van der Waals surface area contributed by atoms with Crippen LogP contribution in [0.1, 0.15) is 38.0 Å². The molecule has 1 amide bonds. The molecule has 0 fully saturated rings. The van der Waals surface area contributed by atoms with Crippen LogP contribution in [0.2, 0.25) is 5.15 Å². The predicted octanol–water partition coefficient (Wildman–Crippen LogP) is 4.61. The number of carbonyl (C=O) groups excluding carboxylic acids is 1. The third-order valence-corrected chi connectivity index (χ3v) is 3.94. The van der Waals surface area contributed by atoms with Crippen molar-refractivity contribution >= 4 is 17.7 Å². The van der Waals surface area contributed by atoms with E-state index in [1.165, 1.54) is 0 Å². The molecule has 132 valence electrons. The predicted molar refractivity (Wildman–Crippen MR) is 95.7 cm³/mol. The van der Waals surface area contributed by atoms with Crippen molar-refractivity contribution in [3.05, 3.63) is 58.7 Å². The monoisotopic (exact) mass is 360 g/mol. The van der Waals surface area contributed by atoms with Gasteiger partial charge in [-0.1, -0.05) is 41.9 Å². The van der Waals surface area contributed by atoms with E-state index in [2.05, 4.69) is 4.98 Å². The lowest BCUT2D eigenvalue weighted by Gasteiger charge is -2.28. The van der Waals surface area contributed by atoms with Gasteiger partial charge in [-0.25, -0.2) is 9.78 Å². The fourth-order valence-corrected chi connectivity index (χ4v) is 2.76. The third-order valence-electron chi connectivity index (χ3n) is 3.73. The van der Waals surface area contributed by atoms with Gasteiger partial charge in [0.15, 0.2) is 0 Å². The van der Waals surface area contributed by atoms with Gasteiger partial charge < -0.3 is 9.47 Å². The summed E-state index contributed by atoms with van der Waals surface area (Å²) in [5.74, 6) is 0.451. The zero-order valence-corrected chi connectivity index (χ0v) is 15.3. The number of benzene rings is 1. The quantitative estimate of drug-likeness (QED) is 0.697. The number of carbonyl (C=O) groups is 1. The van der Waals surface area contributed by atoms with Gasteiger partial charge in [0.05, 0.1) is 13.1 Å². The van der Waals surface area contributed by atoms with Gasteiger partial charge in [-0.05, 0) is 38.5 Å². The molecule has 0 spiro atoms. The molecule has 1 aliphatic rings. The normalized spacial score (nSPS) is 17.3. The molecule has 1 aromatic carbocycles. The minimum Gasteiger partial charge on any atom is -0.467 e. The maximum absolute atomic E-state index is 12.6. The second kappa shape index (κ2) is 6.92. The molecule has 0 N–H and O–H groups in total. The lowest BCUT2D eigenvalue weighted by molar-refractivity contribution is 0.0177. The number of halogens is 1. The molecule has 6 heteroatoms. The smallest absolute Gasteiger partial charge is 0.410 e. The van der Waals surface area contributed by atoms with Crippen molar-refractivity contribution in [2.45, 2.75) is 39.0 Å². The minimum absolute atomic E-state index is 0.346. The van der Waals surface area contributed by atoms with Crippen LogP contribution in [-0.2, 0) is 11.3 Å². The van der Waals surface area contributed by atoms with Crippen LogP contribution in [0.25, 0.3) is 0 Å². The summed E-state index contributed by atoms with van der Waals surface area (Å²) in [6, 6.07) is 13.3. The van der Waals surface area contributed by atoms with E-state index in [0.29, 0.717) is 24.1 Å². The summed E-state index contributed by atoms with van der Waals surface area (Å²) in [7, 11) is 0. The highest BCUT2D eigenvalue weighted by Crippen LogP contribution is 2.31. The van der Waals surface area contributed by atoms with Crippen molar-refractivity contribution < 1.29 is 14.3 Å². The number of fused-ring (bicyclic) bond motifs is 1. The highest BCUT2D eigenvalue weighted by atomic mass is 35.5. The number of hydrogen-bond acceptors (Lipinski definition) is 4. The molecule has 0 unspecified atom stereocenters. The molecule has 25 heavy (non-hydrogen) atoms. The number of pyridine rings is 1. The molecule has 1 aromatic heterocycles. The van der Waals surface area contributed by atoms with E-state index in [0.717, 1.165) is 11.1 Å². The van der Waals surface area contributed by atoms with Crippen LogP contribution >= 0.6 is 11.6 Å². The van der Waals surface area contributed by atoms with E-state index in [-0.39, 0.29) is 12.2 Å². The number of ether oxygens (including phenoxy) is 2. The lowest BCUT2D eigenvalue weighted by Crippen LogP contribution is -2.38. The second-order valence-corrected chi connectivity index (χ2v) is 7.36. The molecular formula is C19H21ClN2O3.